The van der Waals surface area contributed by atoms with Crippen LogP contribution in [0.3, 0.4) is 0 Å². The maximum absolute atomic E-state index is 16.5. The molecule has 2 aliphatic rings. The molecule has 86 heavy (non-hydrogen) atoms. The number of benzene rings is 12. The molecule has 0 saturated carbocycles. The number of para-hydroxylation sites is 2. The van der Waals surface area contributed by atoms with Crippen molar-refractivity contribution in [3.8, 4) is 44.9 Å². The summed E-state index contributed by atoms with van der Waals surface area (Å²) in [6.07, 6.45) is 3.49. The molecule has 0 heterocycles. The number of hydrogen-bond donors (Lipinski definition) is 0. The highest BCUT2D eigenvalue weighted by molar-refractivity contribution is 5.92. The SMILES string of the molecule is C=CCOc1ccc(C2(c3ccccc3)c3ccccc3-c3ccc(N(c4ccc(-c5ccc(N(c6ccc7c(c6)C(c6ccccc6)(c6ccc(OCC=C)cc6)c6ccccc6-7)c6ccccc6F)cc5)cc4)c4ccccc4F)cc32)cc1. The Morgan fingerprint density at radius 3 is 1.02 bits per heavy atom. The molecule has 0 amide bonds. The number of hydrogen-bond acceptors (Lipinski definition) is 4. The van der Waals surface area contributed by atoms with Crippen molar-refractivity contribution in [3.05, 3.63) is 373 Å². The second-order valence-electron chi connectivity index (χ2n) is 21.7. The monoisotopic (exact) mass is 1120 g/mol. The summed E-state index contributed by atoms with van der Waals surface area (Å²) in [5, 5.41) is 0. The van der Waals surface area contributed by atoms with Gasteiger partial charge in [0.05, 0.1) is 22.2 Å². The van der Waals surface area contributed by atoms with Crippen LogP contribution in [-0.2, 0) is 10.8 Å². The van der Waals surface area contributed by atoms with Crippen LogP contribution in [0.2, 0.25) is 0 Å². The van der Waals surface area contributed by atoms with Gasteiger partial charge in [-0.1, -0.05) is 219 Å². The molecule has 0 spiro atoms. The molecule has 6 heteroatoms. The van der Waals surface area contributed by atoms with E-state index in [0.29, 0.717) is 24.6 Å². The molecule has 2 atom stereocenters. The van der Waals surface area contributed by atoms with Gasteiger partial charge < -0.3 is 19.3 Å². The van der Waals surface area contributed by atoms with E-state index in [0.717, 1.165) is 101 Å². The lowest BCUT2D eigenvalue weighted by molar-refractivity contribution is 0.363. The van der Waals surface area contributed by atoms with E-state index in [4.69, 9.17) is 9.47 Å². The molecule has 14 rings (SSSR count). The van der Waals surface area contributed by atoms with E-state index in [-0.39, 0.29) is 11.6 Å². The normalized spacial score (nSPS) is 15.1. The van der Waals surface area contributed by atoms with Crippen LogP contribution >= 0.6 is 0 Å². The van der Waals surface area contributed by atoms with Crippen molar-refractivity contribution in [2.45, 2.75) is 10.8 Å². The van der Waals surface area contributed by atoms with E-state index in [1.807, 2.05) is 70.5 Å². The Morgan fingerprint density at radius 2 is 0.640 bits per heavy atom. The number of anilines is 6. The van der Waals surface area contributed by atoms with Crippen LogP contribution in [0, 0.1) is 11.6 Å². The fourth-order valence-corrected chi connectivity index (χ4v) is 13.4. The summed E-state index contributed by atoms with van der Waals surface area (Å²) in [6, 6.07) is 98.8. The summed E-state index contributed by atoms with van der Waals surface area (Å²) in [6.45, 7) is 8.49. The molecular formula is C80H58F2N2O2. The highest BCUT2D eigenvalue weighted by Gasteiger charge is 2.48. The second-order valence-corrected chi connectivity index (χ2v) is 21.7. The maximum Gasteiger partial charge on any atom is 0.147 e. The number of ether oxygens (including phenoxy) is 2. The molecule has 2 unspecified atom stereocenters. The summed E-state index contributed by atoms with van der Waals surface area (Å²) >= 11 is 0. The minimum absolute atomic E-state index is 0.345. The Kier molecular flexibility index (Phi) is 13.9. The smallest absolute Gasteiger partial charge is 0.147 e. The minimum Gasteiger partial charge on any atom is -0.490 e. The second kappa shape index (κ2) is 22.4. The summed E-state index contributed by atoms with van der Waals surface area (Å²) in [7, 11) is 0. The molecule has 2 aliphatic carbocycles. The van der Waals surface area contributed by atoms with Crippen molar-refractivity contribution in [1.29, 1.82) is 0 Å². The van der Waals surface area contributed by atoms with Gasteiger partial charge >= 0.3 is 0 Å². The molecule has 0 fully saturated rings. The van der Waals surface area contributed by atoms with Crippen LogP contribution in [-0.4, -0.2) is 13.2 Å². The Hall–Kier alpha value is -10.8. The van der Waals surface area contributed by atoms with Crippen molar-refractivity contribution in [3.63, 3.8) is 0 Å². The molecule has 414 valence electrons. The average Bonchev–Trinajstić information content (AvgIpc) is 1.56. The standard InChI is InChI=1S/C80H58F2N2O2/c1-3-51-85-65-45-35-59(36-46-65)79(57-19-7-5-8-20-57)71-25-13-11-23-67(71)69-49-43-63(53-73(69)79)83(77-29-17-15-27-75(77)81)61-39-31-55(32-40-61)56-33-41-62(42-34-56)84(78-30-18-16-28-76(78)82)64-44-50-70-68-24-12-14-26-72(68)80(74(70)54-64,58-21-9-6-10-22-58)60-37-47-66(48-38-60)86-52-4-2/h3-50,53-54H,1-2,51-52H2. The van der Waals surface area contributed by atoms with Crippen LogP contribution in [0.1, 0.15) is 44.5 Å². The summed E-state index contributed by atoms with van der Waals surface area (Å²) in [5.74, 6) is 0.827. The summed E-state index contributed by atoms with van der Waals surface area (Å²) in [5.41, 5.74) is 17.9. The minimum atomic E-state index is -0.716. The maximum atomic E-state index is 16.5. The lowest BCUT2D eigenvalue weighted by atomic mass is 9.67. The molecule has 0 aromatic heterocycles. The van der Waals surface area contributed by atoms with Gasteiger partial charge in [0.1, 0.15) is 36.3 Å². The van der Waals surface area contributed by atoms with Gasteiger partial charge in [0, 0.05) is 22.7 Å². The quantitative estimate of drug-likeness (QED) is 0.0849. The zero-order valence-electron chi connectivity index (χ0n) is 47.2. The Balaban J connectivity index is 0.851. The predicted molar refractivity (Wildman–Crippen MR) is 347 cm³/mol. The van der Waals surface area contributed by atoms with Crippen molar-refractivity contribution in [1.82, 2.24) is 0 Å². The van der Waals surface area contributed by atoms with Crippen LogP contribution in [0.25, 0.3) is 33.4 Å². The van der Waals surface area contributed by atoms with E-state index in [1.165, 1.54) is 23.3 Å². The molecule has 12 aromatic carbocycles. The van der Waals surface area contributed by atoms with E-state index in [2.05, 4.69) is 219 Å². The molecule has 0 bridgehead atoms. The van der Waals surface area contributed by atoms with Gasteiger partial charge in [-0.05, 0) is 175 Å². The fraction of sp³-hybridized carbons (Fsp3) is 0.0500. The zero-order valence-corrected chi connectivity index (χ0v) is 47.2. The lowest BCUT2D eigenvalue weighted by Gasteiger charge is -2.35. The summed E-state index contributed by atoms with van der Waals surface area (Å²) in [4.78, 5) is 4.02. The summed E-state index contributed by atoms with van der Waals surface area (Å²) < 4.78 is 45.0. The first-order valence-corrected chi connectivity index (χ1v) is 29.0. The van der Waals surface area contributed by atoms with E-state index in [1.54, 1.807) is 24.3 Å². The first kappa shape index (κ1) is 53.2. The third-order valence-electron chi connectivity index (χ3n) is 17.1. The molecule has 0 aliphatic heterocycles. The zero-order chi connectivity index (χ0) is 58.2. The van der Waals surface area contributed by atoms with Gasteiger partial charge in [-0.15, -0.1) is 0 Å². The third-order valence-corrected chi connectivity index (χ3v) is 17.1. The number of nitrogens with zero attached hydrogens (tertiary/aromatic N) is 2. The molecular weight excluding hydrogens is 1060 g/mol. The first-order valence-electron chi connectivity index (χ1n) is 29.0. The van der Waals surface area contributed by atoms with Crippen LogP contribution in [0.15, 0.2) is 316 Å². The van der Waals surface area contributed by atoms with Gasteiger partial charge in [-0.3, -0.25) is 0 Å². The molecule has 0 radical (unpaired) electrons. The predicted octanol–water partition coefficient (Wildman–Crippen LogP) is 20.4. The van der Waals surface area contributed by atoms with Crippen LogP contribution in [0.4, 0.5) is 42.9 Å². The van der Waals surface area contributed by atoms with Gasteiger partial charge in [0.25, 0.3) is 0 Å². The van der Waals surface area contributed by atoms with E-state index >= 15 is 8.78 Å². The van der Waals surface area contributed by atoms with Crippen molar-refractivity contribution in [2.75, 3.05) is 23.0 Å². The molecule has 4 nitrogen and oxygen atoms in total. The van der Waals surface area contributed by atoms with Gasteiger partial charge in [0.2, 0.25) is 0 Å². The van der Waals surface area contributed by atoms with E-state index in [9.17, 15) is 0 Å². The topological polar surface area (TPSA) is 24.9 Å². The van der Waals surface area contributed by atoms with Gasteiger partial charge in [0.15, 0.2) is 0 Å². The lowest BCUT2D eigenvalue weighted by Crippen LogP contribution is -2.28. The Morgan fingerprint density at radius 1 is 0.314 bits per heavy atom. The van der Waals surface area contributed by atoms with Crippen molar-refractivity contribution >= 4 is 34.1 Å². The number of fused-ring (bicyclic) bond motifs is 6. The highest BCUT2D eigenvalue weighted by atomic mass is 19.1. The fourth-order valence-electron chi connectivity index (χ4n) is 13.4. The van der Waals surface area contributed by atoms with Crippen molar-refractivity contribution in [2.24, 2.45) is 0 Å². The first-order chi connectivity index (χ1) is 42.4. The molecule has 0 N–H and O–H groups in total. The Labute approximate surface area is 501 Å². The van der Waals surface area contributed by atoms with E-state index < -0.39 is 10.8 Å². The van der Waals surface area contributed by atoms with Crippen LogP contribution < -0.4 is 19.3 Å². The molecule has 0 saturated heterocycles. The Bertz CT molecular complexity index is 4180. The molecule has 12 aromatic rings. The largest absolute Gasteiger partial charge is 0.490 e. The van der Waals surface area contributed by atoms with Gasteiger partial charge in [-0.2, -0.15) is 0 Å². The number of halogens is 2. The average molecular weight is 1120 g/mol. The van der Waals surface area contributed by atoms with Gasteiger partial charge in [-0.25, -0.2) is 8.78 Å². The van der Waals surface area contributed by atoms with Crippen LogP contribution in [0.5, 0.6) is 11.5 Å². The van der Waals surface area contributed by atoms with Crippen molar-refractivity contribution < 1.29 is 18.3 Å². The highest BCUT2D eigenvalue weighted by Crippen LogP contribution is 2.59. The third kappa shape index (κ3) is 8.88. The number of rotatable bonds is 17.